The molecule has 0 spiro atoms. The van der Waals surface area contributed by atoms with Gasteiger partial charge in [0, 0.05) is 10.9 Å². The number of aromatic nitrogens is 1. The molecule has 1 heterocycles. The smallest absolute Gasteiger partial charge is 0.271 e. The van der Waals surface area contributed by atoms with E-state index in [1.165, 1.54) is 11.3 Å². The summed E-state index contributed by atoms with van der Waals surface area (Å²) in [5, 5.41) is 15.1. The summed E-state index contributed by atoms with van der Waals surface area (Å²) in [4.78, 5) is 16.7. The van der Waals surface area contributed by atoms with Gasteiger partial charge in [-0.15, -0.1) is 11.3 Å². The molecule has 1 saturated carbocycles. The number of amides is 1. The highest BCUT2D eigenvalue weighted by Crippen LogP contribution is 2.39. The quantitative estimate of drug-likeness (QED) is 0.892. The van der Waals surface area contributed by atoms with Crippen molar-refractivity contribution in [1.29, 1.82) is 0 Å². The van der Waals surface area contributed by atoms with Crippen molar-refractivity contribution in [2.75, 3.05) is 6.61 Å². The van der Waals surface area contributed by atoms with Crippen LogP contribution in [0.5, 0.6) is 0 Å². The maximum absolute atomic E-state index is 12.3. The van der Waals surface area contributed by atoms with Crippen LogP contribution in [-0.4, -0.2) is 28.1 Å². The molecule has 3 rings (SSSR count). The Hall–Kier alpha value is -1.72. The van der Waals surface area contributed by atoms with Crippen LogP contribution in [0.25, 0.3) is 10.6 Å². The fourth-order valence-corrected chi connectivity index (χ4v) is 3.21. The third kappa shape index (κ3) is 2.99. The summed E-state index contributed by atoms with van der Waals surface area (Å²) in [6, 6.07) is 9.80. The Balaban J connectivity index is 1.75. The molecule has 1 unspecified atom stereocenters. The van der Waals surface area contributed by atoms with E-state index in [1.54, 1.807) is 5.38 Å². The summed E-state index contributed by atoms with van der Waals surface area (Å²) in [6.07, 6.45) is 2.12. The zero-order valence-electron chi connectivity index (χ0n) is 11.9. The molecule has 5 heteroatoms. The molecule has 21 heavy (non-hydrogen) atoms. The molecule has 1 aliphatic carbocycles. The first kappa shape index (κ1) is 14.2. The van der Waals surface area contributed by atoms with Gasteiger partial charge in [-0.25, -0.2) is 4.98 Å². The van der Waals surface area contributed by atoms with Gasteiger partial charge in [0.2, 0.25) is 0 Å². The van der Waals surface area contributed by atoms with Gasteiger partial charge in [0.05, 0.1) is 12.1 Å². The molecule has 4 nitrogen and oxygen atoms in total. The van der Waals surface area contributed by atoms with Crippen LogP contribution in [0, 0.1) is 5.92 Å². The average molecular weight is 302 g/mol. The second kappa shape index (κ2) is 5.58. The van der Waals surface area contributed by atoms with Gasteiger partial charge in [-0.2, -0.15) is 0 Å². The van der Waals surface area contributed by atoms with Crippen molar-refractivity contribution in [3.05, 3.63) is 41.4 Å². The molecular weight excluding hydrogens is 284 g/mol. The van der Waals surface area contributed by atoms with Crippen LogP contribution in [0.4, 0.5) is 0 Å². The normalized spacial score (nSPS) is 17.2. The first-order valence-electron chi connectivity index (χ1n) is 7.07. The van der Waals surface area contributed by atoms with Crippen LogP contribution < -0.4 is 5.32 Å². The molecule has 110 valence electrons. The zero-order valence-corrected chi connectivity index (χ0v) is 12.7. The highest BCUT2D eigenvalue weighted by Gasteiger charge is 2.42. The van der Waals surface area contributed by atoms with E-state index in [0.29, 0.717) is 11.6 Å². The molecule has 0 aliphatic heterocycles. The minimum Gasteiger partial charge on any atom is -0.394 e. The summed E-state index contributed by atoms with van der Waals surface area (Å²) in [7, 11) is 0. The van der Waals surface area contributed by atoms with Crippen molar-refractivity contribution < 1.29 is 9.90 Å². The van der Waals surface area contributed by atoms with Gasteiger partial charge in [0.15, 0.2) is 0 Å². The molecule has 0 saturated heterocycles. The van der Waals surface area contributed by atoms with Crippen LogP contribution in [0.2, 0.25) is 0 Å². The standard InChI is InChI=1S/C16H18N2O2S/c1-16(10-19,12-7-8-12)18-14(20)13-9-21-15(17-13)11-5-3-2-4-6-11/h2-6,9,12,19H,7-8,10H2,1H3,(H,18,20). The van der Waals surface area contributed by atoms with E-state index in [-0.39, 0.29) is 12.5 Å². The Morgan fingerprint density at radius 1 is 1.43 bits per heavy atom. The number of nitrogens with zero attached hydrogens (tertiary/aromatic N) is 1. The number of hydrogen-bond acceptors (Lipinski definition) is 4. The first-order chi connectivity index (χ1) is 10.1. The van der Waals surface area contributed by atoms with Crippen molar-refractivity contribution in [3.63, 3.8) is 0 Å². The number of aliphatic hydroxyl groups excluding tert-OH is 1. The Kier molecular flexibility index (Phi) is 3.78. The Labute approximate surface area is 127 Å². The second-order valence-corrected chi connectivity index (χ2v) is 6.57. The van der Waals surface area contributed by atoms with E-state index >= 15 is 0 Å². The largest absolute Gasteiger partial charge is 0.394 e. The van der Waals surface area contributed by atoms with Gasteiger partial charge in [-0.05, 0) is 25.7 Å². The average Bonchev–Trinajstić information content (AvgIpc) is 3.26. The highest BCUT2D eigenvalue weighted by molar-refractivity contribution is 7.13. The number of nitrogens with one attached hydrogen (secondary N) is 1. The lowest BCUT2D eigenvalue weighted by atomic mass is 9.97. The molecule has 1 aliphatic rings. The Morgan fingerprint density at radius 2 is 2.14 bits per heavy atom. The van der Waals surface area contributed by atoms with Gasteiger partial charge in [-0.3, -0.25) is 4.79 Å². The van der Waals surface area contributed by atoms with Gasteiger partial charge in [0.25, 0.3) is 5.91 Å². The number of aliphatic hydroxyl groups is 1. The van der Waals surface area contributed by atoms with E-state index in [2.05, 4.69) is 10.3 Å². The zero-order chi connectivity index (χ0) is 14.9. The van der Waals surface area contributed by atoms with Gasteiger partial charge in [-0.1, -0.05) is 30.3 Å². The molecule has 1 aromatic carbocycles. The van der Waals surface area contributed by atoms with Gasteiger partial charge in [0.1, 0.15) is 10.7 Å². The minimum absolute atomic E-state index is 0.0426. The number of rotatable bonds is 5. The van der Waals surface area contributed by atoms with Gasteiger partial charge >= 0.3 is 0 Å². The van der Waals surface area contributed by atoms with Crippen LogP contribution in [0.15, 0.2) is 35.7 Å². The van der Waals surface area contributed by atoms with Crippen molar-refractivity contribution in [1.82, 2.24) is 10.3 Å². The Morgan fingerprint density at radius 3 is 2.76 bits per heavy atom. The van der Waals surface area contributed by atoms with Crippen LogP contribution in [-0.2, 0) is 0 Å². The van der Waals surface area contributed by atoms with E-state index in [1.807, 2.05) is 37.3 Å². The molecule has 1 amide bonds. The maximum Gasteiger partial charge on any atom is 0.271 e. The second-order valence-electron chi connectivity index (χ2n) is 5.71. The van der Waals surface area contributed by atoms with Crippen molar-refractivity contribution in [2.24, 2.45) is 5.92 Å². The number of thiazole rings is 1. The summed E-state index contributed by atoms with van der Waals surface area (Å²) < 4.78 is 0. The lowest BCUT2D eigenvalue weighted by Gasteiger charge is -2.28. The summed E-state index contributed by atoms with van der Waals surface area (Å²) in [5.41, 5.74) is 0.890. The molecule has 2 aromatic rings. The number of carbonyl (C=O) groups is 1. The minimum atomic E-state index is -0.534. The molecular formula is C16H18N2O2S. The van der Waals surface area contributed by atoms with E-state index < -0.39 is 5.54 Å². The molecule has 1 aromatic heterocycles. The molecule has 2 N–H and O–H groups in total. The van der Waals surface area contributed by atoms with E-state index in [0.717, 1.165) is 23.4 Å². The predicted molar refractivity (Wildman–Crippen MR) is 83.2 cm³/mol. The van der Waals surface area contributed by atoms with Crippen molar-refractivity contribution >= 4 is 17.2 Å². The van der Waals surface area contributed by atoms with Crippen molar-refractivity contribution in [2.45, 2.75) is 25.3 Å². The van der Waals surface area contributed by atoms with Gasteiger partial charge < -0.3 is 10.4 Å². The molecule has 0 bridgehead atoms. The third-order valence-electron chi connectivity index (χ3n) is 3.96. The monoisotopic (exact) mass is 302 g/mol. The molecule has 1 fully saturated rings. The fraction of sp³-hybridized carbons (Fsp3) is 0.375. The SMILES string of the molecule is CC(CO)(NC(=O)c1csc(-c2ccccc2)n1)C1CC1. The van der Waals surface area contributed by atoms with E-state index in [9.17, 15) is 9.90 Å². The summed E-state index contributed by atoms with van der Waals surface area (Å²) in [5.74, 6) is 0.163. The highest BCUT2D eigenvalue weighted by atomic mass is 32.1. The predicted octanol–water partition coefficient (Wildman–Crippen LogP) is 2.70. The van der Waals surface area contributed by atoms with Crippen LogP contribution in [0.1, 0.15) is 30.3 Å². The van der Waals surface area contributed by atoms with Crippen LogP contribution >= 0.6 is 11.3 Å². The number of benzene rings is 1. The van der Waals surface area contributed by atoms with Crippen LogP contribution in [0.3, 0.4) is 0 Å². The maximum atomic E-state index is 12.3. The Bertz CT molecular complexity index is 637. The summed E-state index contributed by atoms with van der Waals surface area (Å²) in [6.45, 7) is 1.85. The number of hydrogen-bond donors (Lipinski definition) is 2. The topological polar surface area (TPSA) is 62.2 Å². The molecule has 1 atom stereocenters. The third-order valence-corrected chi connectivity index (χ3v) is 4.85. The van der Waals surface area contributed by atoms with Crippen molar-refractivity contribution in [3.8, 4) is 10.6 Å². The lowest BCUT2D eigenvalue weighted by molar-refractivity contribution is 0.0820. The number of carbonyl (C=O) groups excluding carboxylic acids is 1. The summed E-state index contributed by atoms with van der Waals surface area (Å²) >= 11 is 1.45. The lowest BCUT2D eigenvalue weighted by Crippen LogP contribution is -2.50. The van der Waals surface area contributed by atoms with E-state index in [4.69, 9.17) is 0 Å². The fourth-order valence-electron chi connectivity index (χ4n) is 2.41. The first-order valence-corrected chi connectivity index (χ1v) is 7.95. The molecule has 0 radical (unpaired) electrons.